The molecule has 0 spiro atoms. The molecule has 5 heteroatoms. The lowest BCUT2D eigenvalue weighted by molar-refractivity contribution is -0.131. The average molecular weight is 343 g/mol. The molecule has 3 heterocycles. The molecule has 4 rings (SSSR count). The SMILES string of the molecule is COc1cccnc1N1CCC(CC(=O)N2CC3CCCC3C2)CC1. The van der Waals surface area contributed by atoms with Crippen LogP contribution in [0.1, 0.15) is 38.5 Å². The van der Waals surface area contributed by atoms with Gasteiger partial charge in [0.25, 0.3) is 0 Å². The number of piperidine rings is 1. The van der Waals surface area contributed by atoms with Crippen LogP contribution in [-0.2, 0) is 4.79 Å². The van der Waals surface area contributed by atoms with Gasteiger partial charge in [0.2, 0.25) is 5.91 Å². The summed E-state index contributed by atoms with van der Waals surface area (Å²) in [6.45, 7) is 3.95. The van der Waals surface area contributed by atoms with Gasteiger partial charge in [-0.1, -0.05) is 6.42 Å². The number of likely N-dealkylation sites (tertiary alicyclic amines) is 1. The minimum atomic E-state index is 0.392. The molecular weight excluding hydrogens is 314 g/mol. The summed E-state index contributed by atoms with van der Waals surface area (Å²) in [7, 11) is 1.69. The molecule has 5 nitrogen and oxygen atoms in total. The Balaban J connectivity index is 1.28. The van der Waals surface area contributed by atoms with Gasteiger partial charge < -0.3 is 14.5 Å². The van der Waals surface area contributed by atoms with E-state index in [9.17, 15) is 4.79 Å². The number of amides is 1. The summed E-state index contributed by atoms with van der Waals surface area (Å²) < 4.78 is 5.43. The van der Waals surface area contributed by atoms with E-state index in [2.05, 4.69) is 14.8 Å². The van der Waals surface area contributed by atoms with Crippen molar-refractivity contribution in [3.63, 3.8) is 0 Å². The minimum absolute atomic E-state index is 0.392. The van der Waals surface area contributed by atoms with Gasteiger partial charge in [-0.3, -0.25) is 4.79 Å². The van der Waals surface area contributed by atoms with Gasteiger partial charge in [0.15, 0.2) is 11.6 Å². The molecule has 0 bridgehead atoms. The van der Waals surface area contributed by atoms with E-state index in [1.807, 2.05) is 18.3 Å². The van der Waals surface area contributed by atoms with Gasteiger partial charge in [-0.05, 0) is 55.6 Å². The highest BCUT2D eigenvalue weighted by Gasteiger charge is 2.38. The van der Waals surface area contributed by atoms with Gasteiger partial charge in [-0.25, -0.2) is 4.98 Å². The van der Waals surface area contributed by atoms with Crippen molar-refractivity contribution in [1.29, 1.82) is 0 Å². The van der Waals surface area contributed by atoms with Crippen LogP contribution in [0, 0.1) is 17.8 Å². The van der Waals surface area contributed by atoms with Crippen molar-refractivity contribution < 1.29 is 9.53 Å². The second kappa shape index (κ2) is 7.22. The smallest absolute Gasteiger partial charge is 0.222 e. The summed E-state index contributed by atoms with van der Waals surface area (Å²) in [6.07, 6.45) is 8.70. The van der Waals surface area contributed by atoms with E-state index >= 15 is 0 Å². The molecule has 1 aromatic heterocycles. The fraction of sp³-hybridized carbons (Fsp3) is 0.700. The number of anilines is 1. The number of methoxy groups -OCH3 is 1. The first-order chi connectivity index (χ1) is 12.2. The van der Waals surface area contributed by atoms with Gasteiger partial charge in [0, 0.05) is 38.8 Å². The van der Waals surface area contributed by atoms with Gasteiger partial charge in [0.05, 0.1) is 7.11 Å². The summed E-state index contributed by atoms with van der Waals surface area (Å²) in [4.78, 5) is 21.6. The van der Waals surface area contributed by atoms with E-state index in [0.29, 0.717) is 11.8 Å². The largest absolute Gasteiger partial charge is 0.493 e. The predicted molar refractivity (Wildman–Crippen MR) is 97.8 cm³/mol. The number of aromatic nitrogens is 1. The average Bonchev–Trinajstić information content (AvgIpc) is 3.24. The van der Waals surface area contributed by atoms with E-state index in [-0.39, 0.29) is 0 Å². The van der Waals surface area contributed by atoms with Crippen LogP contribution in [0.3, 0.4) is 0 Å². The quantitative estimate of drug-likeness (QED) is 0.843. The maximum Gasteiger partial charge on any atom is 0.222 e. The Kier molecular flexibility index (Phi) is 4.82. The molecule has 136 valence electrons. The van der Waals surface area contributed by atoms with Crippen LogP contribution in [0.15, 0.2) is 18.3 Å². The molecule has 3 aliphatic rings. The van der Waals surface area contributed by atoms with Gasteiger partial charge in [0.1, 0.15) is 0 Å². The van der Waals surface area contributed by atoms with Crippen LogP contribution in [-0.4, -0.2) is 49.1 Å². The number of pyridine rings is 1. The molecule has 3 fully saturated rings. The van der Waals surface area contributed by atoms with Crippen molar-refractivity contribution in [2.24, 2.45) is 17.8 Å². The summed E-state index contributed by atoms with van der Waals surface area (Å²) in [5, 5.41) is 0. The number of rotatable bonds is 4. The third-order valence-electron chi connectivity index (χ3n) is 6.43. The molecule has 2 atom stereocenters. The van der Waals surface area contributed by atoms with E-state index < -0.39 is 0 Å². The Morgan fingerprint density at radius 3 is 2.60 bits per heavy atom. The van der Waals surface area contributed by atoms with Crippen molar-refractivity contribution >= 4 is 11.7 Å². The van der Waals surface area contributed by atoms with E-state index in [0.717, 1.165) is 68.8 Å². The van der Waals surface area contributed by atoms with Crippen molar-refractivity contribution in [3.8, 4) is 5.75 Å². The first kappa shape index (κ1) is 16.7. The number of ether oxygens (including phenoxy) is 1. The Morgan fingerprint density at radius 1 is 1.20 bits per heavy atom. The number of fused-ring (bicyclic) bond motifs is 1. The highest BCUT2D eigenvalue weighted by atomic mass is 16.5. The van der Waals surface area contributed by atoms with Crippen molar-refractivity contribution in [2.75, 3.05) is 38.2 Å². The third-order valence-corrected chi connectivity index (χ3v) is 6.43. The summed E-state index contributed by atoms with van der Waals surface area (Å²) in [5.74, 6) is 4.26. The number of hydrogen-bond acceptors (Lipinski definition) is 4. The molecule has 2 saturated heterocycles. The molecule has 1 aliphatic carbocycles. The third kappa shape index (κ3) is 3.46. The van der Waals surface area contributed by atoms with Crippen LogP contribution in [0.5, 0.6) is 5.75 Å². The molecule has 1 amide bonds. The zero-order chi connectivity index (χ0) is 17.2. The van der Waals surface area contributed by atoms with Gasteiger partial charge in [-0.15, -0.1) is 0 Å². The number of hydrogen-bond donors (Lipinski definition) is 0. The molecule has 1 aromatic rings. The summed E-state index contributed by atoms with van der Waals surface area (Å²) >= 11 is 0. The second-order valence-corrected chi connectivity index (χ2v) is 7.91. The van der Waals surface area contributed by atoms with Crippen LogP contribution >= 0.6 is 0 Å². The number of carbonyl (C=O) groups excluding carboxylic acids is 1. The monoisotopic (exact) mass is 343 g/mol. The Morgan fingerprint density at radius 2 is 1.92 bits per heavy atom. The minimum Gasteiger partial charge on any atom is -0.493 e. The first-order valence-corrected chi connectivity index (χ1v) is 9.76. The van der Waals surface area contributed by atoms with E-state index in [4.69, 9.17) is 4.74 Å². The molecule has 0 aromatic carbocycles. The maximum atomic E-state index is 12.7. The molecule has 25 heavy (non-hydrogen) atoms. The Bertz CT molecular complexity index is 601. The van der Waals surface area contributed by atoms with Gasteiger partial charge >= 0.3 is 0 Å². The zero-order valence-corrected chi connectivity index (χ0v) is 15.2. The van der Waals surface area contributed by atoms with Gasteiger partial charge in [-0.2, -0.15) is 0 Å². The Hall–Kier alpha value is -1.78. The fourth-order valence-corrected chi connectivity index (χ4v) is 4.94. The zero-order valence-electron chi connectivity index (χ0n) is 15.2. The Labute approximate surface area is 150 Å². The predicted octanol–water partition coefficient (Wildman–Crippen LogP) is 2.96. The molecule has 2 aliphatic heterocycles. The van der Waals surface area contributed by atoms with E-state index in [1.54, 1.807) is 7.11 Å². The maximum absolute atomic E-state index is 12.7. The van der Waals surface area contributed by atoms with Crippen molar-refractivity contribution in [2.45, 2.75) is 38.5 Å². The second-order valence-electron chi connectivity index (χ2n) is 7.91. The molecule has 2 unspecified atom stereocenters. The molecule has 0 radical (unpaired) electrons. The highest BCUT2D eigenvalue weighted by Crippen LogP contribution is 2.38. The first-order valence-electron chi connectivity index (χ1n) is 9.76. The highest BCUT2D eigenvalue weighted by molar-refractivity contribution is 5.76. The molecule has 1 saturated carbocycles. The standard InChI is InChI=1S/C20H29N3O2/c1-25-18-6-3-9-21-20(18)22-10-7-15(8-11-22)12-19(24)23-13-16-4-2-5-17(16)14-23/h3,6,9,15-17H,2,4-5,7-8,10-14H2,1H3. The molecule has 0 N–H and O–H groups in total. The van der Waals surface area contributed by atoms with Crippen LogP contribution in [0.4, 0.5) is 5.82 Å². The fourth-order valence-electron chi connectivity index (χ4n) is 4.94. The van der Waals surface area contributed by atoms with Crippen molar-refractivity contribution in [1.82, 2.24) is 9.88 Å². The summed E-state index contributed by atoms with van der Waals surface area (Å²) in [6, 6.07) is 3.86. The lowest BCUT2D eigenvalue weighted by Gasteiger charge is -2.33. The van der Waals surface area contributed by atoms with Crippen LogP contribution in [0.25, 0.3) is 0 Å². The number of nitrogens with zero attached hydrogens (tertiary/aromatic N) is 3. The molecular formula is C20H29N3O2. The number of carbonyl (C=O) groups is 1. The lowest BCUT2D eigenvalue weighted by atomic mass is 9.93. The summed E-state index contributed by atoms with van der Waals surface area (Å²) in [5.41, 5.74) is 0. The lowest BCUT2D eigenvalue weighted by Crippen LogP contribution is -2.37. The van der Waals surface area contributed by atoms with Crippen LogP contribution in [0.2, 0.25) is 0 Å². The normalized spacial score (nSPS) is 26.8. The van der Waals surface area contributed by atoms with E-state index in [1.165, 1.54) is 19.3 Å². The topological polar surface area (TPSA) is 45.7 Å². The van der Waals surface area contributed by atoms with Crippen molar-refractivity contribution in [3.05, 3.63) is 18.3 Å². The van der Waals surface area contributed by atoms with Crippen LogP contribution < -0.4 is 9.64 Å².